The van der Waals surface area contributed by atoms with Gasteiger partial charge in [0.2, 0.25) is 0 Å². The lowest BCUT2D eigenvalue weighted by molar-refractivity contribution is -0.142. The summed E-state index contributed by atoms with van der Waals surface area (Å²) in [5.74, 6) is 0.305. The van der Waals surface area contributed by atoms with Crippen molar-refractivity contribution in [2.24, 2.45) is 17.8 Å². The number of nitrogens with zero attached hydrogens (tertiary/aromatic N) is 1. The summed E-state index contributed by atoms with van der Waals surface area (Å²) in [5.41, 5.74) is 0. The molecule has 2 saturated carbocycles. The fraction of sp³-hybridized carbons (Fsp3) is 0.875. The summed E-state index contributed by atoms with van der Waals surface area (Å²) in [7, 11) is 0. The number of hydrogen-bond donors (Lipinski definition) is 2. The van der Waals surface area contributed by atoms with Crippen LogP contribution >= 0.6 is 0 Å². The number of nitrogens with one attached hydrogen (secondary N) is 1. The van der Waals surface area contributed by atoms with Crippen LogP contribution in [0.2, 0.25) is 0 Å². The first-order chi connectivity index (χ1) is 10.2. The Hall–Kier alpha value is -1.26. The van der Waals surface area contributed by atoms with Crippen LogP contribution in [0.15, 0.2) is 0 Å². The van der Waals surface area contributed by atoms with E-state index in [-0.39, 0.29) is 11.9 Å². The summed E-state index contributed by atoms with van der Waals surface area (Å²) in [6.07, 6.45) is 9.33. The molecule has 3 fully saturated rings. The molecule has 5 nitrogen and oxygen atoms in total. The van der Waals surface area contributed by atoms with Gasteiger partial charge < -0.3 is 15.3 Å². The maximum absolute atomic E-state index is 12.4. The van der Waals surface area contributed by atoms with Gasteiger partial charge in [-0.3, -0.25) is 0 Å². The number of amides is 2. The summed E-state index contributed by atoms with van der Waals surface area (Å²) >= 11 is 0. The fourth-order valence-electron chi connectivity index (χ4n) is 4.56. The molecule has 0 spiro atoms. The molecule has 1 aliphatic heterocycles. The van der Waals surface area contributed by atoms with Crippen molar-refractivity contribution in [3.05, 3.63) is 0 Å². The Kier molecular flexibility index (Phi) is 4.36. The molecule has 2 N–H and O–H groups in total. The standard InChI is InChI=1S/C16H26N2O3/c19-15(20)14-13-8-4-7-12(13)10-18(14)16(21)17-9-11-5-2-1-3-6-11/h11-14H,1-10H2,(H,17,21)(H,19,20). The second kappa shape index (κ2) is 6.24. The fourth-order valence-corrected chi connectivity index (χ4v) is 4.56. The highest BCUT2D eigenvalue weighted by Gasteiger charge is 2.49. The van der Waals surface area contributed by atoms with E-state index >= 15 is 0 Å². The molecule has 1 heterocycles. The summed E-state index contributed by atoms with van der Waals surface area (Å²) in [4.78, 5) is 25.5. The zero-order chi connectivity index (χ0) is 14.8. The number of hydrogen-bond acceptors (Lipinski definition) is 2. The van der Waals surface area contributed by atoms with Crippen molar-refractivity contribution in [3.8, 4) is 0 Å². The minimum absolute atomic E-state index is 0.164. The summed E-state index contributed by atoms with van der Waals surface area (Å²) in [5, 5.41) is 12.5. The number of fused-ring (bicyclic) bond motifs is 1. The lowest BCUT2D eigenvalue weighted by Gasteiger charge is -2.27. The first-order valence-corrected chi connectivity index (χ1v) is 8.44. The maximum atomic E-state index is 12.4. The zero-order valence-corrected chi connectivity index (χ0v) is 12.6. The molecular weight excluding hydrogens is 268 g/mol. The molecule has 0 bridgehead atoms. The SMILES string of the molecule is O=C(O)C1C2CCCC2CN1C(=O)NCC1CCCCC1. The van der Waals surface area contributed by atoms with E-state index in [2.05, 4.69) is 5.32 Å². The first-order valence-electron chi connectivity index (χ1n) is 8.44. The predicted octanol–water partition coefficient (Wildman–Crippen LogP) is 2.46. The number of aliphatic carboxylic acids is 1. The van der Waals surface area contributed by atoms with Gasteiger partial charge in [-0.2, -0.15) is 0 Å². The molecule has 0 aromatic rings. The molecule has 3 rings (SSSR count). The quantitative estimate of drug-likeness (QED) is 0.840. The average molecular weight is 294 g/mol. The number of carbonyl (C=O) groups is 2. The Morgan fingerprint density at radius 3 is 2.52 bits per heavy atom. The van der Waals surface area contributed by atoms with E-state index in [0.717, 1.165) is 19.3 Å². The van der Waals surface area contributed by atoms with E-state index in [0.29, 0.717) is 24.9 Å². The summed E-state index contributed by atoms with van der Waals surface area (Å²) in [6, 6.07) is -0.772. The van der Waals surface area contributed by atoms with E-state index in [1.165, 1.54) is 32.1 Å². The van der Waals surface area contributed by atoms with Gasteiger partial charge in [0.25, 0.3) is 0 Å². The van der Waals surface area contributed by atoms with Crippen molar-refractivity contribution in [2.45, 2.75) is 57.4 Å². The van der Waals surface area contributed by atoms with E-state index in [1.807, 2.05) is 0 Å². The van der Waals surface area contributed by atoms with Gasteiger partial charge in [-0.1, -0.05) is 25.7 Å². The van der Waals surface area contributed by atoms with Crippen molar-refractivity contribution in [3.63, 3.8) is 0 Å². The second-order valence-corrected chi connectivity index (χ2v) is 6.98. The third-order valence-electron chi connectivity index (χ3n) is 5.67. The smallest absolute Gasteiger partial charge is 0.326 e. The topological polar surface area (TPSA) is 69.6 Å². The van der Waals surface area contributed by atoms with Gasteiger partial charge in [-0.25, -0.2) is 9.59 Å². The molecule has 5 heteroatoms. The van der Waals surface area contributed by atoms with Crippen LogP contribution in [0.5, 0.6) is 0 Å². The largest absolute Gasteiger partial charge is 0.480 e. The predicted molar refractivity (Wildman–Crippen MR) is 78.9 cm³/mol. The molecule has 3 unspecified atom stereocenters. The van der Waals surface area contributed by atoms with Gasteiger partial charge in [0.15, 0.2) is 0 Å². The lowest BCUT2D eigenvalue weighted by Crippen LogP contribution is -2.48. The average Bonchev–Trinajstić information content (AvgIpc) is 3.05. The molecule has 2 aliphatic carbocycles. The van der Waals surface area contributed by atoms with Crippen LogP contribution in [0.1, 0.15) is 51.4 Å². The summed E-state index contributed by atoms with van der Waals surface area (Å²) < 4.78 is 0. The van der Waals surface area contributed by atoms with E-state index in [4.69, 9.17) is 0 Å². The Labute approximate surface area is 126 Å². The van der Waals surface area contributed by atoms with Gasteiger partial charge >= 0.3 is 12.0 Å². The summed E-state index contributed by atoms with van der Waals surface area (Å²) in [6.45, 7) is 1.33. The minimum Gasteiger partial charge on any atom is -0.480 e. The number of likely N-dealkylation sites (tertiary alicyclic amines) is 1. The first kappa shape index (κ1) is 14.7. The minimum atomic E-state index is -0.836. The molecule has 0 aromatic heterocycles. The molecule has 118 valence electrons. The number of urea groups is 1. The van der Waals surface area contributed by atoms with Crippen molar-refractivity contribution < 1.29 is 14.7 Å². The van der Waals surface area contributed by atoms with Crippen LogP contribution in [0.4, 0.5) is 4.79 Å². The Morgan fingerprint density at radius 1 is 1.05 bits per heavy atom. The molecule has 3 atom stereocenters. The van der Waals surface area contributed by atoms with Gasteiger partial charge in [-0.05, 0) is 43.4 Å². The molecular formula is C16H26N2O3. The Morgan fingerprint density at radius 2 is 1.81 bits per heavy atom. The van der Waals surface area contributed by atoms with Crippen LogP contribution in [0.25, 0.3) is 0 Å². The highest BCUT2D eigenvalue weighted by atomic mass is 16.4. The normalized spacial score (nSPS) is 33.0. The van der Waals surface area contributed by atoms with Crippen LogP contribution in [-0.2, 0) is 4.79 Å². The van der Waals surface area contributed by atoms with Gasteiger partial charge in [0.05, 0.1) is 0 Å². The highest BCUT2D eigenvalue weighted by molar-refractivity contribution is 5.83. The molecule has 0 radical (unpaired) electrons. The maximum Gasteiger partial charge on any atom is 0.326 e. The molecule has 0 aromatic carbocycles. The lowest BCUT2D eigenvalue weighted by atomic mass is 9.89. The van der Waals surface area contributed by atoms with Crippen molar-refractivity contribution in [2.75, 3.05) is 13.1 Å². The van der Waals surface area contributed by atoms with Crippen LogP contribution in [0.3, 0.4) is 0 Å². The number of carboxylic acid groups (broad SMARTS) is 1. The number of carbonyl (C=O) groups excluding carboxylic acids is 1. The van der Waals surface area contributed by atoms with Crippen molar-refractivity contribution in [1.82, 2.24) is 10.2 Å². The highest BCUT2D eigenvalue weighted by Crippen LogP contribution is 2.42. The number of rotatable bonds is 3. The zero-order valence-electron chi connectivity index (χ0n) is 12.6. The van der Waals surface area contributed by atoms with Crippen LogP contribution in [0, 0.1) is 17.8 Å². The van der Waals surface area contributed by atoms with Crippen LogP contribution < -0.4 is 5.32 Å². The molecule has 21 heavy (non-hydrogen) atoms. The number of carboxylic acids is 1. The van der Waals surface area contributed by atoms with E-state index in [9.17, 15) is 14.7 Å². The van der Waals surface area contributed by atoms with Crippen LogP contribution in [-0.4, -0.2) is 41.1 Å². The van der Waals surface area contributed by atoms with Gasteiger partial charge in [0, 0.05) is 13.1 Å². The molecule has 1 saturated heterocycles. The molecule has 2 amide bonds. The molecule has 3 aliphatic rings. The van der Waals surface area contributed by atoms with E-state index < -0.39 is 12.0 Å². The monoisotopic (exact) mass is 294 g/mol. The van der Waals surface area contributed by atoms with Gasteiger partial charge in [0.1, 0.15) is 6.04 Å². The Bertz CT molecular complexity index is 406. The third-order valence-corrected chi connectivity index (χ3v) is 5.67. The second-order valence-electron chi connectivity index (χ2n) is 6.98. The Balaban J connectivity index is 1.57. The third kappa shape index (κ3) is 3.01. The van der Waals surface area contributed by atoms with E-state index in [1.54, 1.807) is 4.90 Å². The van der Waals surface area contributed by atoms with Crippen molar-refractivity contribution in [1.29, 1.82) is 0 Å². The van der Waals surface area contributed by atoms with Gasteiger partial charge in [-0.15, -0.1) is 0 Å². The van der Waals surface area contributed by atoms with Crippen molar-refractivity contribution >= 4 is 12.0 Å².